The van der Waals surface area contributed by atoms with Crippen LogP contribution in [0.2, 0.25) is 0 Å². The van der Waals surface area contributed by atoms with Crippen molar-refractivity contribution in [2.75, 3.05) is 13.2 Å². The van der Waals surface area contributed by atoms with Crippen LogP contribution in [0.3, 0.4) is 0 Å². The van der Waals surface area contributed by atoms with Gasteiger partial charge in [-0.05, 0) is 24.8 Å². The lowest BCUT2D eigenvalue weighted by Gasteiger charge is -2.28. The van der Waals surface area contributed by atoms with Crippen LogP contribution < -0.4 is 0 Å². The van der Waals surface area contributed by atoms with Crippen LogP contribution in [0.15, 0.2) is 54.6 Å². The van der Waals surface area contributed by atoms with Crippen LogP contribution in [0.1, 0.15) is 48.5 Å². The van der Waals surface area contributed by atoms with Crippen LogP contribution in [-0.2, 0) is 20.1 Å². The zero-order valence-corrected chi connectivity index (χ0v) is 14.6. The molecule has 0 spiro atoms. The Morgan fingerprint density at radius 2 is 1.62 bits per heavy atom. The lowest BCUT2D eigenvalue weighted by Crippen LogP contribution is -2.28. The first kappa shape index (κ1) is 18.5. The Labute approximate surface area is 152 Å². The number of hydrogen-bond donors (Lipinski definition) is 1. The average Bonchev–Trinajstić information content (AvgIpc) is 3.17. The van der Waals surface area contributed by atoms with Crippen molar-refractivity contribution >= 4 is 5.97 Å². The third-order valence-corrected chi connectivity index (χ3v) is 4.60. The van der Waals surface area contributed by atoms with Gasteiger partial charge in [-0.2, -0.15) is 0 Å². The fourth-order valence-electron chi connectivity index (χ4n) is 3.25. The van der Waals surface area contributed by atoms with Gasteiger partial charge in [0.1, 0.15) is 6.17 Å². The van der Waals surface area contributed by atoms with Gasteiger partial charge in [0, 0.05) is 17.5 Å². The largest absolute Gasteiger partial charge is 0.481 e. The Hall–Kier alpha value is -2.24. The molecule has 4 nitrogen and oxygen atoms in total. The highest BCUT2D eigenvalue weighted by Gasteiger charge is 2.40. The van der Waals surface area contributed by atoms with Crippen LogP contribution >= 0.6 is 0 Å². The smallest absolute Gasteiger partial charge is 0.303 e. The highest BCUT2D eigenvalue weighted by molar-refractivity contribution is 5.66. The predicted molar refractivity (Wildman–Crippen MR) is 95.5 cm³/mol. The Kier molecular flexibility index (Phi) is 6.01. The van der Waals surface area contributed by atoms with Crippen molar-refractivity contribution in [1.82, 2.24) is 0 Å². The minimum atomic E-state index is -1.10. The summed E-state index contributed by atoms with van der Waals surface area (Å²) < 4.78 is 26.3. The van der Waals surface area contributed by atoms with Gasteiger partial charge in [0.05, 0.1) is 13.2 Å². The average molecular weight is 358 g/mol. The fourth-order valence-corrected chi connectivity index (χ4v) is 3.25. The van der Waals surface area contributed by atoms with Crippen molar-refractivity contribution in [2.45, 2.75) is 37.6 Å². The first-order valence-electron chi connectivity index (χ1n) is 8.91. The van der Waals surface area contributed by atoms with Gasteiger partial charge in [0.2, 0.25) is 5.79 Å². The quantitative estimate of drug-likeness (QED) is 0.701. The van der Waals surface area contributed by atoms with E-state index in [0.717, 1.165) is 11.1 Å². The highest BCUT2D eigenvalue weighted by atomic mass is 19.1. The van der Waals surface area contributed by atoms with Crippen LogP contribution in [0, 0.1) is 0 Å². The van der Waals surface area contributed by atoms with E-state index in [1.54, 1.807) is 12.1 Å². The summed E-state index contributed by atoms with van der Waals surface area (Å²) >= 11 is 0. The normalized spacial score (nSPS) is 17.1. The number of carbonyl (C=O) groups is 1. The maximum Gasteiger partial charge on any atom is 0.303 e. The molecule has 1 unspecified atom stereocenters. The number of hydrogen-bond acceptors (Lipinski definition) is 3. The second kappa shape index (κ2) is 8.43. The van der Waals surface area contributed by atoms with E-state index in [1.165, 1.54) is 0 Å². The molecule has 0 saturated carbocycles. The fraction of sp³-hybridized carbons (Fsp3) is 0.381. The number of carboxylic acid groups (broad SMARTS) is 1. The summed E-state index contributed by atoms with van der Waals surface area (Å²) in [6, 6.07) is 16.9. The third-order valence-electron chi connectivity index (χ3n) is 4.60. The number of alkyl halides is 1. The lowest BCUT2D eigenvalue weighted by molar-refractivity contribution is -0.137. The van der Waals surface area contributed by atoms with Gasteiger partial charge in [-0.15, -0.1) is 0 Å². The van der Waals surface area contributed by atoms with E-state index in [-0.39, 0.29) is 6.42 Å². The molecule has 1 atom stereocenters. The van der Waals surface area contributed by atoms with Crippen LogP contribution in [0.25, 0.3) is 0 Å². The molecule has 0 amide bonds. The molecule has 1 fully saturated rings. The van der Waals surface area contributed by atoms with Gasteiger partial charge < -0.3 is 14.6 Å². The number of halogens is 1. The van der Waals surface area contributed by atoms with Gasteiger partial charge in [-0.3, -0.25) is 4.79 Å². The molecule has 1 aliphatic heterocycles. The molecule has 3 rings (SSSR count). The Morgan fingerprint density at radius 1 is 1.00 bits per heavy atom. The molecule has 2 aromatic rings. The van der Waals surface area contributed by atoms with Gasteiger partial charge in [-0.1, -0.05) is 54.6 Å². The van der Waals surface area contributed by atoms with Gasteiger partial charge in [0.15, 0.2) is 0 Å². The summed E-state index contributed by atoms with van der Waals surface area (Å²) in [6.45, 7) is 1.01. The molecule has 138 valence electrons. The first-order chi connectivity index (χ1) is 12.6. The lowest BCUT2D eigenvalue weighted by atomic mass is 9.95. The molecule has 1 saturated heterocycles. The maximum atomic E-state index is 14.4. The van der Waals surface area contributed by atoms with Crippen LogP contribution in [0.4, 0.5) is 4.39 Å². The molecule has 26 heavy (non-hydrogen) atoms. The first-order valence-corrected chi connectivity index (χ1v) is 8.91. The van der Waals surface area contributed by atoms with Crippen molar-refractivity contribution in [3.8, 4) is 0 Å². The maximum absolute atomic E-state index is 14.4. The predicted octanol–water partition coefficient (Wildman–Crippen LogP) is 4.59. The van der Waals surface area contributed by atoms with Crippen molar-refractivity contribution in [1.29, 1.82) is 0 Å². The van der Waals surface area contributed by atoms with E-state index in [9.17, 15) is 9.18 Å². The second-order valence-corrected chi connectivity index (χ2v) is 6.41. The van der Waals surface area contributed by atoms with Crippen molar-refractivity contribution in [3.05, 3.63) is 71.3 Å². The van der Waals surface area contributed by atoms with E-state index in [0.29, 0.717) is 38.0 Å². The van der Waals surface area contributed by atoms with Crippen molar-refractivity contribution in [2.24, 2.45) is 0 Å². The molecular formula is C21H23FO4. The molecule has 1 aliphatic rings. The van der Waals surface area contributed by atoms with Gasteiger partial charge in [0.25, 0.3) is 0 Å². The van der Waals surface area contributed by atoms with Crippen LogP contribution in [-0.4, -0.2) is 24.3 Å². The van der Waals surface area contributed by atoms with E-state index in [4.69, 9.17) is 14.6 Å². The number of rotatable bonds is 8. The number of benzene rings is 2. The van der Waals surface area contributed by atoms with E-state index < -0.39 is 17.9 Å². The third kappa shape index (κ3) is 4.11. The van der Waals surface area contributed by atoms with E-state index >= 15 is 0 Å². The molecule has 0 aromatic heterocycles. The molecule has 0 bridgehead atoms. The summed E-state index contributed by atoms with van der Waals surface area (Å²) in [6.07, 6.45) is 0.349. The summed E-state index contributed by atoms with van der Waals surface area (Å²) in [5.41, 5.74) is 2.34. The number of ether oxygens (including phenoxy) is 2. The molecule has 0 aliphatic carbocycles. The summed E-state index contributed by atoms with van der Waals surface area (Å²) in [5, 5.41) is 8.63. The van der Waals surface area contributed by atoms with Crippen LogP contribution in [0.5, 0.6) is 0 Å². The summed E-state index contributed by atoms with van der Waals surface area (Å²) in [7, 11) is 0. The number of unbranched alkanes of at least 4 members (excludes halogenated alkanes) is 1. The van der Waals surface area contributed by atoms with Crippen molar-refractivity contribution < 1.29 is 23.8 Å². The molecular weight excluding hydrogens is 335 g/mol. The zero-order valence-electron chi connectivity index (χ0n) is 14.6. The monoisotopic (exact) mass is 358 g/mol. The second-order valence-electron chi connectivity index (χ2n) is 6.41. The van der Waals surface area contributed by atoms with Gasteiger partial charge >= 0.3 is 5.97 Å². The summed E-state index contributed by atoms with van der Waals surface area (Å²) in [4.78, 5) is 10.5. The minimum absolute atomic E-state index is 0.0833. The van der Waals surface area contributed by atoms with E-state index in [1.807, 2.05) is 42.5 Å². The number of carboxylic acids is 1. The SMILES string of the molecule is O=C(O)CCCCC(F)c1ccc(C2(c3ccccc3)OCCO2)cc1. The Balaban J connectivity index is 1.71. The van der Waals surface area contributed by atoms with Gasteiger partial charge in [-0.25, -0.2) is 4.39 Å². The molecule has 5 heteroatoms. The molecule has 2 aromatic carbocycles. The molecule has 0 radical (unpaired) electrons. The Bertz CT molecular complexity index is 709. The zero-order chi connectivity index (χ0) is 18.4. The van der Waals surface area contributed by atoms with Crippen molar-refractivity contribution in [3.63, 3.8) is 0 Å². The Morgan fingerprint density at radius 3 is 2.23 bits per heavy atom. The molecule has 1 heterocycles. The molecule has 1 N–H and O–H groups in total. The summed E-state index contributed by atoms with van der Waals surface area (Å²) in [5.74, 6) is -1.78. The topological polar surface area (TPSA) is 55.8 Å². The van der Waals surface area contributed by atoms with E-state index in [2.05, 4.69) is 0 Å². The highest BCUT2D eigenvalue weighted by Crippen LogP contribution is 2.39. The number of aliphatic carboxylic acids is 1. The minimum Gasteiger partial charge on any atom is -0.481 e. The standard InChI is InChI=1S/C21H23FO4/c22-19(8-4-5-9-20(23)24)16-10-12-18(13-11-16)21(25-14-15-26-21)17-6-2-1-3-7-17/h1-3,6-7,10-13,19H,4-5,8-9,14-15H2,(H,23,24).